The summed E-state index contributed by atoms with van der Waals surface area (Å²) in [6.45, 7) is 3.26. The van der Waals surface area contributed by atoms with Gasteiger partial charge in [0.15, 0.2) is 6.10 Å². The third-order valence-electron chi connectivity index (χ3n) is 4.10. The Morgan fingerprint density at radius 3 is 2.44 bits per heavy atom. The first-order valence-corrected chi connectivity index (χ1v) is 9.50. The molecule has 0 fully saturated rings. The number of rotatable bonds is 5. The number of benzene rings is 2. The molecule has 7 heteroatoms. The highest BCUT2D eigenvalue weighted by Gasteiger charge is 2.24. The zero-order valence-electron chi connectivity index (χ0n) is 14.7. The molecule has 0 unspecified atom stereocenters. The number of amides is 1. The molecule has 2 atom stereocenters. The molecule has 140 valence electrons. The lowest BCUT2D eigenvalue weighted by Gasteiger charge is -2.18. The number of fused-ring (bicyclic) bond motifs is 1. The van der Waals surface area contributed by atoms with Crippen LogP contribution in [-0.4, -0.2) is 18.0 Å². The van der Waals surface area contributed by atoms with E-state index in [2.05, 4.69) is 5.32 Å². The molecule has 3 aromatic rings. The number of hydrogen-bond acceptors (Lipinski definition) is 4. The first-order valence-electron chi connectivity index (χ1n) is 8.30. The van der Waals surface area contributed by atoms with E-state index in [0.29, 0.717) is 5.02 Å². The predicted molar refractivity (Wildman–Crippen MR) is 105 cm³/mol. The first-order chi connectivity index (χ1) is 12.9. The van der Waals surface area contributed by atoms with Gasteiger partial charge in [-0.2, -0.15) is 0 Å². The zero-order chi connectivity index (χ0) is 19.6. The van der Waals surface area contributed by atoms with Crippen molar-refractivity contribution in [2.45, 2.75) is 26.0 Å². The Hall–Kier alpha value is -2.44. The smallest absolute Gasteiger partial charge is 0.350 e. The highest BCUT2D eigenvalue weighted by atomic mass is 35.5. The van der Waals surface area contributed by atoms with E-state index in [1.165, 1.54) is 30.4 Å². The second kappa shape index (κ2) is 8.06. The second-order valence-corrected chi connectivity index (χ2v) is 7.50. The fourth-order valence-corrected chi connectivity index (χ4v) is 3.97. The van der Waals surface area contributed by atoms with Crippen molar-refractivity contribution in [1.29, 1.82) is 0 Å². The Kier molecular flexibility index (Phi) is 5.77. The molecule has 0 aliphatic carbocycles. The van der Waals surface area contributed by atoms with Crippen LogP contribution in [0.1, 0.15) is 35.1 Å². The largest absolute Gasteiger partial charge is 0.448 e. The predicted octanol–water partition coefficient (Wildman–Crippen LogP) is 5.12. The van der Waals surface area contributed by atoms with E-state index in [9.17, 15) is 14.0 Å². The van der Waals surface area contributed by atoms with Crippen LogP contribution in [0.4, 0.5) is 4.39 Å². The Morgan fingerprint density at radius 2 is 1.78 bits per heavy atom. The average Bonchev–Trinajstić information content (AvgIpc) is 2.99. The van der Waals surface area contributed by atoms with E-state index in [1.54, 1.807) is 19.1 Å². The summed E-state index contributed by atoms with van der Waals surface area (Å²) in [7, 11) is 0. The van der Waals surface area contributed by atoms with Gasteiger partial charge in [0.1, 0.15) is 10.7 Å². The molecule has 0 bridgehead atoms. The molecular weight excluding hydrogens is 389 g/mol. The summed E-state index contributed by atoms with van der Waals surface area (Å²) in [6.07, 6.45) is -0.998. The lowest BCUT2D eigenvalue weighted by Crippen LogP contribution is -2.37. The van der Waals surface area contributed by atoms with Gasteiger partial charge in [-0.3, -0.25) is 4.79 Å². The Morgan fingerprint density at radius 1 is 1.11 bits per heavy atom. The van der Waals surface area contributed by atoms with Crippen LogP contribution < -0.4 is 5.32 Å². The minimum Gasteiger partial charge on any atom is -0.448 e. The van der Waals surface area contributed by atoms with Gasteiger partial charge in [-0.25, -0.2) is 9.18 Å². The van der Waals surface area contributed by atoms with Crippen LogP contribution in [-0.2, 0) is 9.53 Å². The molecule has 0 aliphatic rings. The van der Waals surface area contributed by atoms with Crippen molar-refractivity contribution in [2.75, 3.05) is 0 Å². The lowest BCUT2D eigenvalue weighted by atomic mass is 10.1. The molecule has 0 aliphatic heterocycles. The van der Waals surface area contributed by atoms with Gasteiger partial charge in [0.05, 0.1) is 11.1 Å². The standard InChI is InChI=1S/C20H17ClFNO3S/c1-11(13-7-9-14(22)10-8-13)23-19(24)12(2)26-20(25)18-17(21)15-5-3-4-6-16(15)27-18/h3-12H,1-2H3,(H,23,24)/t11-,12+/m0/s1. The quantitative estimate of drug-likeness (QED) is 0.599. The van der Waals surface area contributed by atoms with Gasteiger partial charge < -0.3 is 10.1 Å². The number of carbonyl (C=O) groups is 2. The van der Waals surface area contributed by atoms with Crippen LogP contribution in [0.3, 0.4) is 0 Å². The Bertz CT molecular complexity index is 987. The maximum Gasteiger partial charge on any atom is 0.350 e. The van der Waals surface area contributed by atoms with Gasteiger partial charge in [-0.1, -0.05) is 41.9 Å². The first kappa shape index (κ1) is 19.3. The number of thiophene rings is 1. The molecule has 1 heterocycles. The van der Waals surface area contributed by atoms with Crippen molar-refractivity contribution >= 4 is 44.9 Å². The number of esters is 1. The fraction of sp³-hybridized carbons (Fsp3) is 0.200. The van der Waals surface area contributed by atoms with Crippen molar-refractivity contribution in [1.82, 2.24) is 5.32 Å². The number of nitrogens with one attached hydrogen (secondary N) is 1. The number of carbonyl (C=O) groups excluding carboxylic acids is 2. The summed E-state index contributed by atoms with van der Waals surface area (Å²) in [4.78, 5) is 25.0. The van der Waals surface area contributed by atoms with Crippen LogP contribution in [0, 0.1) is 5.82 Å². The second-order valence-electron chi connectivity index (χ2n) is 6.07. The molecule has 1 aromatic heterocycles. The van der Waals surface area contributed by atoms with Gasteiger partial charge in [-0.05, 0) is 37.6 Å². The molecular formula is C20H17ClFNO3S. The van der Waals surface area contributed by atoms with E-state index in [-0.39, 0.29) is 16.7 Å². The monoisotopic (exact) mass is 405 g/mol. The van der Waals surface area contributed by atoms with Crippen LogP contribution in [0.15, 0.2) is 48.5 Å². The number of ether oxygens (including phenoxy) is 1. The summed E-state index contributed by atoms with van der Waals surface area (Å²) in [5.74, 6) is -1.43. The van der Waals surface area contributed by atoms with E-state index in [1.807, 2.05) is 24.3 Å². The van der Waals surface area contributed by atoms with Crippen LogP contribution in [0.2, 0.25) is 5.02 Å². The molecule has 0 spiro atoms. The highest BCUT2D eigenvalue weighted by molar-refractivity contribution is 7.21. The Balaban J connectivity index is 1.65. The van der Waals surface area contributed by atoms with Gasteiger partial charge >= 0.3 is 5.97 Å². The topological polar surface area (TPSA) is 55.4 Å². The molecule has 4 nitrogen and oxygen atoms in total. The van der Waals surface area contributed by atoms with Gasteiger partial charge in [-0.15, -0.1) is 11.3 Å². The van der Waals surface area contributed by atoms with Crippen molar-refractivity contribution in [2.24, 2.45) is 0 Å². The third kappa shape index (κ3) is 4.28. The van der Waals surface area contributed by atoms with Crippen LogP contribution in [0.5, 0.6) is 0 Å². The SMILES string of the molecule is C[C@H](NC(=O)[C@@H](C)OC(=O)c1sc2ccccc2c1Cl)c1ccc(F)cc1. The van der Waals surface area contributed by atoms with E-state index < -0.39 is 18.0 Å². The summed E-state index contributed by atoms with van der Waals surface area (Å²) in [6, 6.07) is 12.9. The highest BCUT2D eigenvalue weighted by Crippen LogP contribution is 2.35. The molecule has 0 saturated carbocycles. The van der Waals surface area contributed by atoms with Crippen LogP contribution >= 0.6 is 22.9 Å². The zero-order valence-corrected chi connectivity index (χ0v) is 16.2. The van der Waals surface area contributed by atoms with Gasteiger partial charge in [0.25, 0.3) is 5.91 Å². The van der Waals surface area contributed by atoms with Crippen molar-refractivity contribution in [3.8, 4) is 0 Å². The molecule has 3 rings (SSSR count). The maximum atomic E-state index is 13.0. The minimum absolute atomic E-state index is 0.268. The molecule has 0 saturated heterocycles. The van der Waals surface area contributed by atoms with E-state index in [0.717, 1.165) is 15.6 Å². The van der Waals surface area contributed by atoms with Crippen molar-refractivity contribution < 1.29 is 18.7 Å². The third-order valence-corrected chi connectivity index (χ3v) is 5.76. The van der Waals surface area contributed by atoms with E-state index >= 15 is 0 Å². The Labute approximate surface area is 164 Å². The van der Waals surface area contributed by atoms with Gasteiger partial charge in [0, 0.05) is 10.1 Å². The van der Waals surface area contributed by atoms with Gasteiger partial charge in [0.2, 0.25) is 0 Å². The summed E-state index contributed by atoms with van der Waals surface area (Å²) in [5, 5.41) is 3.85. The molecule has 0 radical (unpaired) electrons. The van der Waals surface area contributed by atoms with Crippen LogP contribution in [0.25, 0.3) is 10.1 Å². The summed E-state index contributed by atoms with van der Waals surface area (Å²) in [5.41, 5.74) is 0.746. The number of halogens is 2. The molecule has 27 heavy (non-hydrogen) atoms. The minimum atomic E-state index is -0.998. The molecule has 2 aromatic carbocycles. The lowest BCUT2D eigenvalue weighted by molar-refractivity contribution is -0.129. The average molecular weight is 406 g/mol. The van der Waals surface area contributed by atoms with E-state index in [4.69, 9.17) is 16.3 Å². The summed E-state index contributed by atoms with van der Waals surface area (Å²) >= 11 is 7.49. The normalized spacial score (nSPS) is 13.2. The van der Waals surface area contributed by atoms with Crippen molar-refractivity contribution in [3.63, 3.8) is 0 Å². The molecule has 1 N–H and O–H groups in total. The summed E-state index contributed by atoms with van der Waals surface area (Å²) < 4.78 is 19.2. The maximum absolute atomic E-state index is 13.0. The fourth-order valence-electron chi connectivity index (χ4n) is 2.58. The van der Waals surface area contributed by atoms with Crippen molar-refractivity contribution in [3.05, 3.63) is 69.8 Å². The number of hydrogen-bond donors (Lipinski definition) is 1. The molecule has 1 amide bonds.